The number of amides is 1. The van der Waals surface area contributed by atoms with Gasteiger partial charge in [0.05, 0.1) is 12.1 Å². The zero-order valence-corrected chi connectivity index (χ0v) is 12.9. The molecule has 21 heavy (non-hydrogen) atoms. The van der Waals surface area contributed by atoms with E-state index in [9.17, 15) is 4.79 Å². The van der Waals surface area contributed by atoms with Crippen molar-refractivity contribution in [1.82, 2.24) is 5.32 Å². The minimum atomic E-state index is -0.219. The first-order valence-corrected chi connectivity index (χ1v) is 7.51. The van der Waals surface area contributed by atoms with Gasteiger partial charge < -0.3 is 10.4 Å². The van der Waals surface area contributed by atoms with Crippen LogP contribution in [0, 0.1) is 25.7 Å². The second-order valence-electron chi connectivity index (χ2n) is 4.72. The van der Waals surface area contributed by atoms with E-state index in [0.29, 0.717) is 17.7 Å². The molecule has 4 heteroatoms. The highest BCUT2D eigenvalue weighted by molar-refractivity contribution is 7.10. The standard InChI is InChI=1S/C17H17NO2S/c1-12-5-6-15(14(10-12)4-3-8-19)17(20)18-11-16-13(2)7-9-21-16/h5-7,9-10,19H,8,11H2,1-2H3,(H,18,20). The number of aryl methyl sites for hydroxylation is 2. The highest BCUT2D eigenvalue weighted by Gasteiger charge is 2.11. The van der Waals surface area contributed by atoms with Crippen LogP contribution in [0.25, 0.3) is 0 Å². The number of benzene rings is 1. The molecule has 0 saturated heterocycles. The van der Waals surface area contributed by atoms with Crippen LogP contribution in [0.15, 0.2) is 29.6 Å². The molecular formula is C17H17NO2S. The number of rotatable bonds is 3. The van der Waals surface area contributed by atoms with Crippen LogP contribution < -0.4 is 5.32 Å². The van der Waals surface area contributed by atoms with Gasteiger partial charge in [0, 0.05) is 10.4 Å². The van der Waals surface area contributed by atoms with Crippen LogP contribution in [-0.4, -0.2) is 17.6 Å². The number of aliphatic hydroxyl groups is 1. The molecule has 2 aromatic rings. The molecule has 0 aliphatic rings. The largest absolute Gasteiger partial charge is 0.384 e. The average Bonchev–Trinajstić information content (AvgIpc) is 2.88. The number of nitrogens with one attached hydrogen (secondary N) is 1. The second kappa shape index (κ2) is 7.07. The lowest BCUT2D eigenvalue weighted by Crippen LogP contribution is -2.23. The van der Waals surface area contributed by atoms with Gasteiger partial charge in [0.25, 0.3) is 5.91 Å². The monoisotopic (exact) mass is 299 g/mol. The molecule has 1 amide bonds. The van der Waals surface area contributed by atoms with Gasteiger partial charge >= 0.3 is 0 Å². The Bertz CT molecular complexity index is 707. The lowest BCUT2D eigenvalue weighted by atomic mass is 10.0. The predicted octanol–water partition coefficient (Wildman–Crippen LogP) is 2.64. The molecule has 0 atom stereocenters. The maximum Gasteiger partial charge on any atom is 0.252 e. The number of hydrogen-bond donors (Lipinski definition) is 2. The zero-order chi connectivity index (χ0) is 15.2. The summed E-state index contributed by atoms with van der Waals surface area (Å²) in [5.74, 6) is 5.28. The molecule has 0 bridgehead atoms. The van der Waals surface area contributed by atoms with Crippen LogP contribution in [0.2, 0.25) is 0 Å². The maximum absolute atomic E-state index is 12.3. The maximum atomic E-state index is 12.3. The van der Waals surface area contributed by atoms with Crippen LogP contribution >= 0.6 is 11.3 Å². The van der Waals surface area contributed by atoms with E-state index >= 15 is 0 Å². The highest BCUT2D eigenvalue weighted by atomic mass is 32.1. The third kappa shape index (κ3) is 3.94. The number of carbonyl (C=O) groups excluding carboxylic acids is 1. The highest BCUT2D eigenvalue weighted by Crippen LogP contribution is 2.16. The van der Waals surface area contributed by atoms with Gasteiger partial charge in [-0.2, -0.15) is 0 Å². The molecule has 0 fully saturated rings. The molecule has 0 aliphatic heterocycles. The van der Waals surface area contributed by atoms with Gasteiger partial charge in [-0.3, -0.25) is 4.79 Å². The van der Waals surface area contributed by atoms with E-state index in [4.69, 9.17) is 5.11 Å². The molecule has 108 valence electrons. The van der Waals surface area contributed by atoms with Crippen molar-refractivity contribution in [2.75, 3.05) is 6.61 Å². The molecular weight excluding hydrogens is 282 g/mol. The molecule has 3 nitrogen and oxygen atoms in total. The molecule has 1 aromatic heterocycles. The molecule has 1 aromatic carbocycles. The van der Waals surface area contributed by atoms with Crippen LogP contribution in [0.1, 0.15) is 31.9 Å². The fourth-order valence-corrected chi connectivity index (χ4v) is 2.78. The van der Waals surface area contributed by atoms with Gasteiger partial charge in [0.15, 0.2) is 0 Å². The number of hydrogen-bond acceptors (Lipinski definition) is 3. The molecule has 0 radical (unpaired) electrons. The molecule has 2 N–H and O–H groups in total. The smallest absolute Gasteiger partial charge is 0.252 e. The van der Waals surface area contributed by atoms with Gasteiger partial charge in [0.1, 0.15) is 6.61 Å². The summed E-state index contributed by atoms with van der Waals surface area (Å²) in [6, 6.07) is 7.55. The normalized spacial score (nSPS) is 9.86. The van der Waals surface area contributed by atoms with Gasteiger partial charge in [-0.1, -0.05) is 17.9 Å². The van der Waals surface area contributed by atoms with E-state index in [0.717, 1.165) is 10.4 Å². The predicted molar refractivity (Wildman–Crippen MR) is 85.4 cm³/mol. The lowest BCUT2D eigenvalue weighted by Gasteiger charge is -2.07. The summed E-state index contributed by atoms with van der Waals surface area (Å²) < 4.78 is 0. The van der Waals surface area contributed by atoms with Crippen molar-refractivity contribution >= 4 is 17.2 Å². The van der Waals surface area contributed by atoms with Crippen LogP contribution in [0.5, 0.6) is 0 Å². The zero-order valence-electron chi connectivity index (χ0n) is 12.1. The minimum Gasteiger partial charge on any atom is -0.384 e. The number of carbonyl (C=O) groups is 1. The first-order valence-electron chi connectivity index (χ1n) is 6.63. The summed E-state index contributed by atoms with van der Waals surface area (Å²) in [5, 5.41) is 13.7. The number of aliphatic hydroxyl groups excluding tert-OH is 1. The summed E-state index contributed by atoms with van der Waals surface area (Å²) in [4.78, 5) is 13.5. The summed E-state index contributed by atoms with van der Waals surface area (Å²) in [6.45, 7) is 4.27. The molecule has 0 spiro atoms. The quantitative estimate of drug-likeness (QED) is 0.856. The summed E-state index contributed by atoms with van der Waals surface area (Å²) in [7, 11) is 0. The van der Waals surface area contributed by atoms with Crippen LogP contribution in [0.3, 0.4) is 0 Å². The van der Waals surface area contributed by atoms with E-state index in [1.807, 2.05) is 37.4 Å². The van der Waals surface area contributed by atoms with Gasteiger partial charge in [-0.05, 0) is 48.6 Å². The fourth-order valence-electron chi connectivity index (χ4n) is 1.94. The van der Waals surface area contributed by atoms with E-state index in [1.54, 1.807) is 17.4 Å². The molecule has 0 unspecified atom stereocenters. The lowest BCUT2D eigenvalue weighted by molar-refractivity contribution is 0.0951. The summed E-state index contributed by atoms with van der Waals surface area (Å²) in [6.07, 6.45) is 0. The Morgan fingerprint density at radius 1 is 1.33 bits per heavy atom. The molecule has 0 aliphatic carbocycles. The van der Waals surface area contributed by atoms with Crippen molar-refractivity contribution in [3.8, 4) is 11.8 Å². The van der Waals surface area contributed by atoms with E-state index in [-0.39, 0.29) is 12.5 Å². The third-order valence-electron chi connectivity index (χ3n) is 3.10. The topological polar surface area (TPSA) is 49.3 Å². The average molecular weight is 299 g/mol. The first-order chi connectivity index (χ1) is 10.1. The second-order valence-corrected chi connectivity index (χ2v) is 5.72. The van der Waals surface area contributed by atoms with Crippen molar-refractivity contribution in [1.29, 1.82) is 0 Å². The van der Waals surface area contributed by atoms with Gasteiger partial charge in [0.2, 0.25) is 0 Å². The van der Waals surface area contributed by atoms with Crippen molar-refractivity contribution < 1.29 is 9.90 Å². The van der Waals surface area contributed by atoms with Crippen molar-refractivity contribution in [2.45, 2.75) is 20.4 Å². The third-order valence-corrected chi connectivity index (χ3v) is 4.12. The van der Waals surface area contributed by atoms with Gasteiger partial charge in [-0.15, -0.1) is 11.3 Å². The molecule has 0 saturated carbocycles. The first kappa shape index (κ1) is 15.3. The molecule has 2 rings (SSSR count). The van der Waals surface area contributed by atoms with E-state index in [2.05, 4.69) is 17.2 Å². The summed E-state index contributed by atoms with van der Waals surface area (Å²) >= 11 is 1.63. The van der Waals surface area contributed by atoms with Crippen LogP contribution in [0.4, 0.5) is 0 Å². The minimum absolute atomic E-state index is 0.148. The van der Waals surface area contributed by atoms with Crippen molar-refractivity contribution in [3.63, 3.8) is 0 Å². The Morgan fingerprint density at radius 2 is 2.14 bits per heavy atom. The Kier molecular flexibility index (Phi) is 5.15. The van der Waals surface area contributed by atoms with Crippen molar-refractivity contribution in [2.24, 2.45) is 0 Å². The van der Waals surface area contributed by atoms with Crippen molar-refractivity contribution in [3.05, 3.63) is 56.8 Å². The fraction of sp³-hybridized carbons (Fsp3) is 0.235. The Balaban J connectivity index is 2.17. The van der Waals surface area contributed by atoms with Gasteiger partial charge in [-0.25, -0.2) is 0 Å². The SMILES string of the molecule is Cc1ccc(C(=O)NCc2sccc2C)c(C#CCO)c1. The number of thiophene rings is 1. The van der Waals surface area contributed by atoms with E-state index in [1.165, 1.54) is 5.56 Å². The summed E-state index contributed by atoms with van der Waals surface area (Å²) in [5.41, 5.74) is 3.40. The van der Waals surface area contributed by atoms with Crippen LogP contribution in [-0.2, 0) is 6.54 Å². The Morgan fingerprint density at radius 3 is 2.81 bits per heavy atom. The Labute approximate surface area is 128 Å². The molecule has 1 heterocycles. The Hall–Kier alpha value is -2.09. The van der Waals surface area contributed by atoms with E-state index < -0.39 is 0 Å².